The van der Waals surface area contributed by atoms with E-state index in [1.54, 1.807) is 27.7 Å². The van der Waals surface area contributed by atoms with Crippen LogP contribution in [0.25, 0.3) is 5.82 Å². The fourth-order valence-electron chi connectivity index (χ4n) is 3.85. The molecule has 228 valence electrons. The average Bonchev–Trinajstić information content (AvgIpc) is 3.52. The number of pyridine rings is 1. The molecule has 0 bridgehead atoms. The Morgan fingerprint density at radius 3 is 2.35 bits per heavy atom. The Morgan fingerprint density at radius 2 is 1.72 bits per heavy atom. The van der Waals surface area contributed by atoms with E-state index in [4.69, 9.17) is 23.2 Å². The number of carbonyl (C=O) groups is 2. The summed E-state index contributed by atoms with van der Waals surface area (Å²) >= 11 is 12.5. The lowest BCUT2D eigenvalue weighted by molar-refractivity contribution is -0.293. The zero-order valence-corrected chi connectivity index (χ0v) is 24.3. The minimum absolute atomic E-state index is 0.0332. The number of halogens is 7. The van der Waals surface area contributed by atoms with Crippen LogP contribution in [-0.2, 0) is 12.5 Å². The molecule has 0 aliphatic heterocycles. The van der Waals surface area contributed by atoms with Gasteiger partial charge < -0.3 is 10.6 Å². The fourth-order valence-corrected chi connectivity index (χ4v) is 4.33. The first-order chi connectivity index (χ1) is 19.9. The summed E-state index contributed by atoms with van der Waals surface area (Å²) in [4.78, 5) is 30.8. The third-order valence-electron chi connectivity index (χ3n) is 5.68. The first-order valence-electron chi connectivity index (χ1n) is 12.2. The Kier molecular flexibility index (Phi) is 8.48. The van der Waals surface area contributed by atoms with Crippen molar-refractivity contribution in [2.24, 2.45) is 0 Å². The van der Waals surface area contributed by atoms with Crippen LogP contribution < -0.4 is 10.6 Å². The smallest absolute Gasteiger partial charge is 0.347 e. The van der Waals surface area contributed by atoms with E-state index >= 15 is 0 Å². The molecule has 0 saturated carbocycles. The van der Waals surface area contributed by atoms with Crippen molar-refractivity contribution >= 4 is 40.7 Å². The number of alkyl halides is 5. The number of benzene rings is 1. The number of hydrogen-bond acceptors (Lipinski definition) is 7. The lowest BCUT2D eigenvalue weighted by atomic mass is 10.0. The number of nitrogens with one attached hydrogen (secondary N) is 2. The van der Waals surface area contributed by atoms with E-state index in [0.29, 0.717) is 5.56 Å². The van der Waals surface area contributed by atoms with E-state index in [1.165, 1.54) is 30.5 Å². The number of anilines is 1. The molecule has 2 amide bonds. The minimum atomic E-state index is -5.97. The lowest BCUT2D eigenvalue weighted by Gasteiger charge is -2.22. The number of nitrogens with zero attached hydrogens (tertiary/aromatic N) is 7. The van der Waals surface area contributed by atoms with Gasteiger partial charge in [0.05, 0.1) is 28.5 Å². The summed E-state index contributed by atoms with van der Waals surface area (Å²) in [5.74, 6) is -8.60. The van der Waals surface area contributed by atoms with Crippen LogP contribution in [-0.4, -0.2) is 58.5 Å². The maximum Gasteiger partial charge on any atom is 0.461 e. The van der Waals surface area contributed by atoms with E-state index in [0.717, 1.165) is 10.7 Å². The zero-order chi connectivity index (χ0) is 31.9. The van der Waals surface area contributed by atoms with Crippen LogP contribution in [0.15, 0.2) is 36.5 Å². The third-order valence-corrected chi connectivity index (χ3v) is 6.20. The molecule has 3 heterocycles. The van der Waals surface area contributed by atoms with Gasteiger partial charge in [0.2, 0.25) is 5.82 Å². The highest BCUT2D eigenvalue weighted by Crippen LogP contribution is 2.42. The number of aryl methyl sites for hydroxylation is 1. The lowest BCUT2D eigenvalue weighted by Crippen LogP contribution is -2.41. The monoisotopic (exact) mass is 645 g/mol. The SMILES string of the molecule is Cc1cc(Cl)cc(C(=O)NC(C)(C)C)c1NC(=O)c1cc(Cn2nnnc2C(F)(F)C(F)(F)F)nn1-c1ncccc1Cl. The Morgan fingerprint density at radius 1 is 1.02 bits per heavy atom. The zero-order valence-electron chi connectivity index (χ0n) is 22.8. The molecule has 0 atom stereocenters. The summed E-state index contributed by atoms with van der Waals surface area (Å²) in [6, 6.07) is 6.93. The van der Waals surface area contributed by atoms with Gasteiger partial charge in [-0.1, -0.05) is 23.2 Å². The van der Waals surface area contributed by atoms with Crippen LogP contribution >= 0.6 is 23.2 Å². The molecular weight excluding hydrogens is 624 g/mol. The number of rotatable bonds is 7. The molecule has 0 unspecified atom stereocenters. The van der Waals surface area contributed by atoms with Gasteiger partial charge in [-0.15, -0.1) is 5.10 Å². The normalized spacial score (nSPS) is 12.3. The summed E-state index contributed by atoms with van der Waals surface area (Å²) in [6.45, 7) is 6.10. The van der Waals surface area contributed by atoms with Crippen LogP contribution in [0.4, 0.5) is 27.6 Å². The molecule has 0 spiro atoms. The van der Waals surface area contributed by atoms with Crippen molar-refractivity contribution in [1.29, 1.82) is 0 Å². The summed E-state index contributed by atoms with van der Waals surface area (Å²) in [7, 11) is 0. The molecule has 4 aromatic rings. The highest BCUT2D eigenvalue weighted by molar-refractivity contribution is 6.32. The van der Waals surface area contributed by atoms with Gasteiger partial charge >= 0.3 is 12.1 Å². The Hall–Kier alpha value is -4.18. The van der Waals surface area contributed by atoms with Crippen LogP contribution in [0, 0.1) is 6.92 Å². The number of aromatic nitrogens is 7. The van der Waals surface area contributed by atoms with Gasteiger partial charge in [-0.3, -0.25) is 9.59 Å². The van der Waals surface area contributed by atoms with Gasteiger partial charge in [0.1, 0.15) is 5.69 Å². The molecule has 4 rings (SSSR count). The van der Waals surface area contributed by atoms with E-state index in [1.807, 2.05) is 0 Å². The van der Waals surface area contributed by atoms with E-state index in [2.05, 4.69) is 36.2 Å². The first kappa shape index (κ1) is 31.7. The summed E-state index contributed by atoms with van der Waals surface area (Å²) in [5.41, 5.74) is -0.514. The van der Waals surface area contributed by atoms with Gasteiger partial charge in [0.15, 0.2) is 5.82 Å². The van der Waals surface area contributed by atoms with Crippen LogP contribution in [0.3, 0.4) is 0 Å². The molecule has 43 heavy (non-hydrogen) atoms. The van der Waals surface area contributed by atoms with Gasteiger partial charge in [0, 0.05) is 16.8 Å². The van der Waals surface area contributed by atoms with Gasteiger partial charge in [0.25, 0.3) is 11.8 Å². The molecule has 0 fully saturated rings. The van der Waals surface area contributed by atoms with E-state index < -0.39 is 41.8 Å². The van der Waals surface area contributed by atoms with Crippen molar-refractivity contribution in [3.63, 3.8) is 0 Å². The molecule has 11 nitrogen and oxygen atoms in total. The maximum absolute atomic E-state index is 14.1. The topological polar surface area (TPSA) is 133 Å². The molecule has 3 aromatic heterocycles. The molecule has 0 radical (unpaired) electrons. The summed E-state index contributed by atoms with van der Waals surface area (Å²) in [6.07, 6.45) is -4.63. The number of tetrazole rings is 1. The first-order valence-corrected chi connectivity index (χ1v) is 13.0. The molecular formula is C25H22Cl2F5N9O2. The van der Waals surface area contributed by atoms with Crippen molar-refractivity contribution < 1.29 is 31.5 Å². The van der Waals surface area contributed by atoms with E-state index in [9.17, 15) is 31.5 Å². The molecule has 2 N–H and O–H groups in total. The number of amides is 2. The highest BCUT2D eigenvalue weighted by Gasteiger charge is 2.62. The predicted molar refractivity (Wildman–Crippen MR) is 145 cm³/mol. The highest BCUT2D eigenvalue weighted by atomic mass is 35.5. The number of hydrogen-bond donors (Lipinski definition) is 2. The van der Waals surface area contributed by atoms with Crippen molar-refractivity contribution in [2.75, 3.05) is 5.32 Å². The number of carbonyl (C=O) groups excluding carboxylic acids is 2. The Labute approximate surface area is 250 Å². The molecule has 0 aliphatic carbocycles. The third kappa shape index (κ3) is 6.74. The Balaban J connectivity index is 1.78. The molecule has 0 saturated heterocycles. The minimum Gasteiger partial charge on any atom is -0.347 e. The van der Waals surface area contributed by atoms with Crippen LogP contribution in [0.2, 0.25) is 10.0 Å². The summed E-state index contributed by atoms with van der Waals surface area (Å²) < 4.78 is 68.3. The maximum atomic E-state index is 14.1. The average molecular weight is 646 g/mol. The van der Waals surface area contributed by atoms with Crippen LogP contribution in [0.5, 0.6) is 0 Å². The largest absolute Gasteiger partial charge is 0.461 e. The van der Waals surface area contributed by atoms with Crippen molar-refractivity contribution in [3.8, 4) is 5.82 Å². The molecule has 18 heteroatoms. The second-order valence-electron chi connectivity index (χ2n) is 10.3. The van der Waals surface area contributed by atoms with Gasteiger partial charge in [-0.05, 0) is 74.0 Å². The van der Waals surface area contributed by atoms with Gasteiger partial charge in [-0.25, -0.2) is 14.3 Å². The fraction of sp³-hybridized carbons (Fsp3) is 0.320. The summed E-state index contributed by atoms with van der Waals surface area (Å²) in [5, 5.41) is 18.9. The van der Waals surface area contributed by atoms with Gasteiger partial charge in [-0.2, -0.15) is 27.1 Å². The predicted octanol–water partition coefficient (Wildman–Crippen LogP) is 5.35. The van der Waals surface area contributed by atoms with E-state index in [-0.39, 0.29) is 43.2 Å². The second-order valence-corrected chi connectivity index (χ2v) is 11.1. The van der Waals surface area contributed by atoms with Crippen molar-refractivity contribution in [3.05, 3.63) is 74.9 Å². The van der Waals surface area contributed by atoms with Crippen molar-refractivity contribution in [1.82, 2.24) is 40.3 Å². The molecule has 1 aromatic carbocycles. The van der Waals surface area contributed by atoms with Crippen LogP contribution in [0.1, 0.15) is 58.7 Å². The van der Waals surface area contributed by atoms with Crippen molar-refractivity contribution in [2.45, 2.75) is 51.9 Å². The quantitative estimate of drug-likeness (QED) is 0.259. The Bertz CT molecular complexity index is 1700. The molecule has 0 aliphatic rings. The second kappa shape index (κ2) is 11.5. The standard InChI is InChI=1S/C25H22Cl2F5N9O2/c1-12-8-13(26)9-15(20(42)35-23(2,3)4)18(12)34-21(43)17-10-14(37-41(17)19-16(27)6-5-7-33-19)11-40-22(36-38-39-40)24(28,29)25(30,31)32/h5-10H,11H2,1-4H3,(H,34,43)(H,35,42).